The molecule has 1 aliphatic carbocycles. The van der Waals surface area contributed by atoms with Crippen LogP contribution in [0.1, 0.15) is 39.9 Å². The number of rotatable bonds is 3. The Hall–Kier alpha value is -2.86. The number of halogens is 1. The molecule has 0 aromatic heterocycles. The minimum Gasteiger partial charge on any atom is -0.377 e. The first-order valence-corrected chi connectivity index (χ1v) is 9.11. The third-order valence-corrected chi connectivity index (χ3v) is 5.71. The summed E-state index contributed by atoms with van der Waals surface area (Å²) in [7, 11) is 1.60. The highest BCUT2D eigenvalue weighted by Gasteiger charge is 2.39. The van der Waals surface area contributed by atoms with Gasteiger partial charge in [-0.2, -0.15) is 0 Å². The molecule has 4 rings (SSSR count). The number of benzene rings is 2. The van der Waals surface area contributed by atoms with E-state index in [0.717, 1.165) is 23.2 Å². The lowest BCUT2D eigenvalue weighted by molar-refractivity contribution is -0.384. The van der Waals surface area contributed by atoms with E-state index in [1.165, 1.54) is 6.07 Å². The van der Waals surface area contributed by atoms with Crippen molar-refractivity contribution in [1.29, 1.82) is 0 Å². The largest absolute Gasteiger partial charge is 0.377 e. The summed E-state index contributed by atoms with van der Waals surface area (Å²) in [4.78, 5) is 23.2. The van der Waals surface area contributed by atoms with Gasteiger partial charge in [0.1, 0.15) is 5.02 Å². The number of hydrogen-bond donors (Lipinski definition) is 2. The van der Waals surface area contributed by atoms with Crippen molar-refractivity contribution in [1.82, 2.24) is 5.32 Å². The molecule has 2 aromatic rings. The van der Waals surface area contributed by atoms with Gasteiger partial charge in [-0.3, -0.25) is 14.9 Å². The van der Waals surface area contributed by atoms with Crippen molar-refractivity contribution in [3.8, 4) is 0 Å². The van der Waals surface area contributed by atoms with Crippen LogP contribution in [-0.2, 0) is 0 Å². The normalized spacial score (nSPS) is 22.5. The van der Waals surface area contributed by atoms with Crippen molar-refractivity contribution >= 4 is 28.9 Å². The van der Waals surface area contributed by atoms with E-state index in [9.17, 15) is 14.9 Å². The summed E-state index contributed by atoms with van der Waals surface area (Å²) in [5.41, 5.74) is 3.12. The minimum absolute atomic E-state index is 0.108. The van der Waals surface area contributed by atoms with E-state index in [0.29, 0.717) is 5.56 Å². The maximum atomic E-state index is 12.3. The number of amides is 1. The van der Waals surface area contributed by atoms with Gasteiger partial charge in [0.05, 0.1) is 22.2 Å². The Morgan fingerprint density at radius 3 is 2.89 bits per heavy atom. The predicted octanol–water partition coefficient (Wildman–Crippen LogP) is 4.43. The zero-order valence-electron chi connectivity index (χ0n) is 14.6. The summed E-state index contributed by atoms with van der Waals surface area (Å²) in [5, 5.41) is 17.6. The maximum Gasteiger partial charge on any atom is 0.288 e. The molecule has 0 saturated heterocycles. The average Bonchev–Trinajstić information content (AvgIpc) is 3.16. The average molecular weight is 384 g/mol. The Bertz CT molecular complexity index is 973. The minimum atomic E-state index is -0.469. The maximum absolute atomic E-state index is 12.3. The van der Waals surface area contributed by atoms with Gasteiger partial charge in [-0.25, -0.2) is 0 Å². The lowest BCUT2D eigenvalue weighted by Crippen LogP contribution is -2.31. The van der Waals surface area contributed by atoms with E-state index in [1.807, 2.05) is 18.2 Å². The van der Waals surface area contributed by atoms with E-state index in [4.69, 9.17) is 11.6 Å². The molecular weight excluding hydrogens is 366 g/mol. The van der Waals surface area contributed by atoms with Crippen LogP contribution in [0.2, 0.25) is 5.02 Å². The van der Waals surface area contributed by atoms with Crippen molar-refractivity contribution in [2.75, 3.05) is 12.4 Å². The Balaban J connectivity index is 1.83. The molecule has 2 aromatic carbocycles. The second kappa shape index (κ2) is 6.70. The lowest BCUT2D eigenvalue weighted by Gasteiger charge is -2.38. The van der Waals surface area contributed by atoms with Gasteiger partial charge in [0.15, 0.2) is 0 Å². The van der Waals surface area contributed by atoms with Crippen molar-refractivity contribution in [2.24, 2.45) is 5.92 Å². The highest BCUT2D eigenvalue weighted by atomic mass is 35.5. The van der Waals surface area contributed by atoms with Crippen LogP contribution in [0.25, 0.3) is 0 Å². The molecule has 2 aliphatic rings. The van der Waals surface area contributed by atoms with Crippen LogP contribution in [0.4, 0.5) is 11.4 Å². The van der Waals surface area contributed by atoms with Crippen LogP contribution in [-0.4, -0.2) is 17.9 Å². The van der Waals surface area contributed by atoms with Crippen LogP contribution in [0.3, 0.4) is 0 Å². The number of carbonyl (C=O) groups excluding carboxylic acids is 1. The number of nitro groups is 1. The number of hydrogen-bond acceptors (Lipinski definition) is 4. The Kier molecular flexibility index (Phi) is 4.36. The fraction of sp³-hybridized carbons (Fsp3) is 0.250. The van der Waals surface area contributed by atoms with Gasteiger partial charge in [-0.1, -0.05) is 42.0 Å². The number of allylic oxidation sites excluding steroid dienone is 2. The van der Waals surface area contributed by atoms with Crippen molar-refractivity contribution in [3.05, 3.63) is 80.4 Å². The van der Waals surface area contributed by atoms with Gasteiger partial charge in [0.25, 0.3) is 11.6 Å². The standard InChI is InChI=1S/C20H18ClN3O3/c1-22-20(25)15-7-3-6-14-12-4-2-5-13(12)18(23-19(14)15)11-8-9-16(21)17(10-11)24(26)27/h2-4,6-10,12-13,18,23H,5H2,1H3,(H,22,25). The van der Waals surface area contributed by atoms with Crippen LogP contribution in [0.5, 0.6) is 0 Å². The van der Waals surface area contributed by atoms with Gasteiger partial charge in [-0.15, -0.1) is 0 Å². The molecule has 27 heavy (non-hydrogen) atoms. The Morgan fingerprint density at radius 2 is 2.15 bits per heavy atom. The zero-order valence-corrected chi connectivity index (χ0v) is 15.4. The van der Waals surface area contributed by atoms with Crippen LogP contribution < -0.4 is 10.6 Å². The molecule has 7 heteroatoms. The first-order valence-electron chi connectivity index (χ1n) is 8.73. The third-order valence-electron chi connectivity index (χ3n) is 5.39. The highest BCUT2D eigenvalue weighted by molar-refractivity contribution is 6.32. The number of carbonyl (C=O) groups is 1. The Labute approximate surface area is 161 Å². The number of anilines is 1. The molecule has 138 valence electrons. The molecule has 0 spiro atoms. The lowest BCUT2D eigenvalue weighted by atomic mass is 9.76. The Morgan fingerprint density at radius 1 is 1.33 bits per heavy atom. The summed E-state index contributed by atoms with van der Waals surface area (Å²) >= 11 is 5.98. The van der Waals surface area contributed by atoms with E-state index in [-0.39, 0.29) is 34.5 Å². The summed E-state index contributed by atoms with van der Waals surface area (Å²) in [6.07, 6.45) is 5.16. The third kappa shape index (κ3) is 2.86. The van der Waals surface area contributed by atoms with E-state index in [2.05, 4.69) is 22.8 Å². The first-order chi connectivity index (χ1) is 13.0. The van der Waals surface area contributed by atoms with E-state index < -0.39 is 4.92 Å². The number of nitro benzene ring substituents is 1. The molecule has 6 nitrogen and oxygen atoms in total. The van der Waals surface area contributed by atoms with Crippen molar-refractivity contribution in [3.63, 3.8) is 0 Å². The monoisotopic (exact) mass is 383 g/mol. The summed E-state index contributed by atoms with van der Waals surface area (Å²) < 4.78 is 0. The smallest absolute Gasteiger partial charge is 0.288 e. The second-order valence-electron chi connectivity index (χ2n) is 6.79. The number of nitrogens with zero attached hydrogens (tertiary/aromatic N) is 1. The van der Waals surface area contributed by atoms with Gasteiger partial charge in [0.2, 0.25) is 0 Å². The van der Waals surface area contributed by atoms with Crippen molar-refractivity contribution < 1.29 is 9.72 Å². The summed E-state index contributed by atoms with van der Waals surface area (Å²) in [6, 6.07) is 10.5. The summed E-state index contributed by atoms with van der Waals surface area (Å²) in [6.45, 7) is 0. The SMILES string of the molecule is CNC(=O)c1cccc2c1NC(c1ccc(Cl)c([N+](=O)[O-])c1)C1CC=CC21. The molecule has 0 fully saturated rings. The van der Waals surface area contributed by atoms with Gasteiger partial charge in [-0.05, 0) is 35.6 Å². The zero-order chi connectivity index (χ0) is 19.1. The first kappa shape index (κ1) is 17.5. The van der Waals surface area contributed by atoms with Gasteiger partial charge in [0, 0.05) is 19.0 Å². The summed E-state index contributed by atoms with van der Waals surface area (Å²) in [5.74, 6) is 0.212. The molecule has 1 amide bonds. The predicted molar refractivity (Wildman–Crippen MR) is 104 cm³/mol. The van der Waals surface area contributed by atoms with Gasteiger partial charge >= 0.3 is 0 Å². The fourth-order valence-electron chi connectivity index (χ4n) is 4.14. The number of fused-ring (bicyclic) bond motifs is 3. The topological polar surface area (TPSA) is 84.3 Å². The van der Waals surface area contributed by atoms with Crippen LogP contribution in [0.15, 0.2) is 48.6 Å². The molecular formula is C20H18ClN3O3. The highest BCUT2D eigenvalue weighted by Crippen LogP contribution is 2.51. The molecule has 3 atom stereocenters. The quantitative estimate of drug-likeness (QED) is 0.466. The van der Waals surface area contributed by atoms with Crippen molar-refractivity contribution in [2.45, 2.75) is 18.4 Å². The van der Waals surface area contributed by atoms with E-state index in [1.54, 1.807) is 19.2 Å². The molecule has 0 bridgehead atoms. The molecule has 3 unspecified atom stereocenters. The van der Waals surface area contributed by atoms with Gasteiger partial charge < -0.3 is 10.6 Å². The number of para-hydroxylation sites is 1. The molecule has 2 N–H and O–H groups in total. The molecule has 0 radical (unpaired) electrons. The fourth-order valence-corrected chi connectivity index (χ4v) is 4.32. The van der Waals surface area contributed by atoms with E-state index >= 15 is 0 Å². The van der Waals surface area contributed by atoms with Crippen LogP contribution >= 0.6 is 11.6 Å². The molecule has 1 heterocycles. The second-order valence-corrected chi connectivity index (χ2v) is 7.20. The number of nitrogens with one attached hydrogen (secondary N) is 2. The molecule has 0 saturated carbocycles. The van der Waals surface area contributed by atoms with Crippen LogP contribution in [0, 0.1) is 16.0 Å². The molecule has 1 aliphatic heterocycles.